The number of benzene rings is 1. The van der Waals surface area contributed by atoms with Crippen LogP contribution in [-0.4, -0.2) is 36.0 Å². The molecule has 0 amide bonds. The van der Waals surface area contributed by atoms with E-state index in [4.69, 9.17) is 4.42 Å². The molecular weight excluding hydrogens is 338 g/mol. The Bertz CT molecular complexity index is 787. The first kappa shape index (κ1) is 18.1. The highest BCUT2D eigenvalue weighted by atomic mass is 32.2. The Hall–Kier alpha value is -1.73. The lowest BCUT2D eigenvalue weighted by Gasteiger charge is -2.16. The molecule has 1 fully saturated rings. The molecule has 2 heterocycles. The summed E-state index contributed by atoms with van der Waals surface area (Å²) in [6.45, 7) is 5.30. The van der Waals surface area contributed by atoms with Gasteiger partial charge in [0.1, 0.15) is 0 Å². The molecule has 7 heteroatoms. The summed E-state index contributed by atoms with van der Waals surface area (Å²) in [7, 11) is -3.28. The molecule has 0 spiro atoms. The van der Waals surface area contributed by atoms with Gasteiger partial charge in [-0.15, -0.1) is 10.2 Å². The van der Waals surface area contributed by atoms with Crippen molar-refractivity contribution < 1.29 is 12.8 Å². The Morgan fingerprint density at radius 1 is 1.20 bits per heavy atom. The number of hydrogen-bond acceptors (Lipinski definition) is 5. The van der Waals surface area contributed by atoms with Crippen LogP contribution in [0.5, 0.6) is 0 Å². The molecule has 0 radical (unpaired) electrons. The molecule has 1 atom stereocenters. The van der Waals surface area contributed by atoms with Gasteiger partial charge in [0.15, 0.2) is 0 Å². The van der Waals surface area contributed by atoms with E-state index in [1.54, 1.807) is 4.31 Å². The van der Waals surface area contributed by atoms with Crippen molar-refractivity contribution in [2.75, 3.05) is 13.1 Å². The molecule has 0 N–H and O–H groups in total. The SMILES string of the molecule is CC(C)Cc1nnc(CC2CCN(S(=O)(=O)Cc3ccccc3)C2)o1. The maximum Gasteiger partial charge on any atom is 0.218 e. The van der Waals surface area contributed by atoms with Gasteiger partial charge in [-0.1, -0.05) is 44.2 Å². The van der Waals surface area contributed by atoms with Gasteiger partial charge in [-0.25, -0.2) is 12.7 Å². The second kappa shape index (κ2) is 7.66. The minimum absolute atomic E-state index is 0.0552. The number of nitrogens with zero attached hydrogens (tertiary/aromatic N) is 3. The second-order valence-electron chi connectivity index (χ2n) is 7.15. The Morgan fingerprint density at radius 3 is 2.64 bits per heavy atom. The predicted molar refractivity (Wildman–Crippen MR) is 95.3 cm³/mol. The molecule has 1 saturated heterocycles. The maximum atomic E-state index is 12.6. The predicted octanol–water partition coefficient (Wildman–Crippen LogP) is 2.66. The first-order valence-corrected chi connectivity index (χ1v) is 10.4. The monoisotopic (exact) mass is 363 g/mol. The van der Waals surface area contributed by atoms with Crippen molar-refractivity contribution in [3.63, 3.8) is 0 Å². The van der Waals surface area contributed by atoms with Crippen molar-refractivity contribution >= 4 is 10.0 Å². The van der Waals surface area contributed by atoms with Gasteiger partial charge in [-0.05, 0) is 23.8 Å². The molecule has 25 heavy (non-hydrogen) atoms. The van der Waals surface area contributed by atoms with E-state index >= 15 is 0 Å². The quantitative estimate of drug-likeness (QED) is 0.756. The van der Waals surface area contributed by atoms with Gasteiger partial charge in [-0.3, -0.25) is 0 Å². The fourth-order valence-corrected chi connectivity index (χ4v) is 4.76. The molecule has 3 rings (SSSR count). The van der Waals surface area contributed by atoms with Crippen LogP contribution < -0.4 is 0 Å². The summed E-state index contributed by atoms with van der Waals surface area (Å²) in [6.07, 6.45) is 2.24. The van der Waals surface area contributed by atoms with Crippen LogP contribution in [0, 0.1) is 11.8 Å². The van der Waals surface area contributed by atoms with E-state index in [0.717, 1.165) is 18.4 Å². The summed E-state index contributed by atoms with van der Waals surface area (Å²) < 4.78 is 32.5. The zero-order valence-electron chi connectivity index (χ0n) is 14.8. The topological polar surface area (TPSA) is 76.3 Å². The van der Waals surface area contributed by atoms with Crippen molar-refractivity contribution in [1.82, 2.24) is 14.5 Å². The average molecular weight is 363 g/mol. The van der Waals surface area contributed by atoms with Crippen LogP contribution in [0.25, 0.3) is 0 Å². The van der Waals surface area contributed by atoms with Crippen LogP contribution in [0.15, 0.2) is 34.7 Å². The standard InChI is InChI=1S/C18H25N3O3S/c1-14(2)10-17-19-20-18(24-17)11-16-8-9-21(12-16)25(22,23)13-15-6-4-3-5-7-15/h3-7,14,16H,8-13H2,1-2H3. The van der Waals surface area contributed by atoms with Crippen molar-refractivity contribution in [3.05, 3.63) is 47.7 Å². The van der Waals surface area contributed by atoms with E-state index in [9.17, 15) is 8.42 Å². The lowest BCUT2D eigenvalue weighted by Crippen LogP contribution is -2.30. The molecule has 1 unspecified atom stereocenters. The molecule has 1 aliphatic rings. The van der Waals surface area contributed by atoms with Gasteiger partial charge >= 0.3 is 0 Å². The third kappa shape index (κ3) is 4.89. The lowest BCUT2D eigenvalue weighted by atomic mass is 10.1. The van der Waals surface area contributed by atoms with Gasteiger partial charge in [0.25, 0.3) is 0 Å². The van der Waals surface area contributed by atoms with Gasteiger partial charge in [-0.2, -0.15) is 0 Å². The third-order valence-electron chi connectivity index (χ3n) is 4.39. The Kier molecular flexibility index (Phi) is 5.54. The molecule has 2 aromatic rings. The largest absolute Gasteiger partial charge is 0.425 e. The molecule has 0 aliphatic carbocycles. The number of aromatic nitrogens is 2. The summed E-state index contributed by atoms with van der Waals surface area (Å²) >= 11 is 0. The molecule has 1 aromatic carbocycles. The Morgan fingerprint density at radius 2 is 1.92 bits per heavy atom. The van der Waals surface area contributed by atoms with Crippen LogP contribution in [0.1, 0.15) is 37.6 Å². The molecular formula is C18H25N3O3S. The van der Waals surface area contributed by atoms with E-state index < -0.39 is 10.0 Å². The van der Waals surface area contributed by atoms with Crippen molar-refractivity contribution in [2.24, 2.45) is 11.8 Å². The van der Waals surface area contributed by atoms with E-state index in [2.05, 4.69) is 24.0 Å². The number of sulfonamides is 1. The van der Waals surface area contributed by atoms with Crippen LogP contribution in [0.4, 0.5) is 0 Å². The zero-order chi connectivity index (χ0) is 17.9. The van der Waals surface area contributed by atoms with E-state index in [1.165, 1.54) is 0 Å². The summed E-state index contributed by atoms with van der Waals surface area (Å²) in [5.74, 6) is 2.04. The molecule has 0 bridgehead atoms. The molecule has 1 aromatic heterocycles. The van der Waals surface area contributed by atoms with Crippen molar-refractivity contribution in [2.45, 2.75) is 38.9 Å². The van der Waals surface area contributed by atoms with Crippen LogP contribution in [0.2, 0.25) is 0 Å². The van der Waals surface area contributed by atoms with E-state index in [0.29, 0.717) is 37.2 Å². The maximum absolute atomic E-state index is 12.6. The van der Waals surface area contributed by atoms with Crippen LogP contribution in [0.3, 0.4) is 0 Å². The van der Waals surface area contributed by atoms with E-state index in [1.807, 2.05) is 30.3 Å². The first-order valence-electron chi connectivity index (χ1n) is 8.75. The Balaban J connectivity index is 1.57. The fraction of sp³-hybridized carbons (Fsp3) is 0.556. The van der Waals surface area contributed by atoms with Gasteiger partial charge in [0.2, 0.25) is 21.8 Å². The third-order valence-corrected chi connectivity index (χ3v) is 6.21. The van der Waals surface area contributed by atoms with Crippen LogP contribution >= 0.6 is 0 Å². The smallest absolute Gasteiger partial charge is 0.218 e. The normalized spacial score (nSPS) is 18.9. The summed E-state index contributed by atoms with van der Waals surface area (Å²) in [4.78, 5) is 0. The first-order chi connectivity index (χ1) is 11.9. The number of hydrogen-bond donors (Lipinski definition) is 0. The summed E-state index contributed by atoms with van der Waals surface area (Å²) in [5.41, 5.74) is 0.821. The van der Waals surface area contributed by atoms with Crippen molar-refractivity contribution in [1.29, 1.82) is 0 Å². The minimum atomic E-state index is -3.28. The van der Waals surface area contributed by atoms with Gasteiger partial charge < -0.3 is 4.42 Å². The fourth-order valence-electron chi connectivity index (χ4n) is 3.14. The molecule has 1 aliphatic heterocycles. The van der Waals surface area contributed by atoms with E-state index in [-0.39, 0.29) is 11.7 Å². The molecule has 0 saturated carbocycles. The molecule has 136 valence electrons. The highest BCUT2D eigenvalue weighted by molar-refractivity contribution is 7.88. The van der Waals surface area contributed by atoms with Crippen LogP contribution in [-0.2, 0) is 28.6 Å². The molecule has 6 nitrogen and oxygen atoms in total. The minimum Gasteiger partial charge on any atom is -0.425 e. The van der Waals surface area contributed by atoms with Gasteiger partial charge in [0, 0.05) is 25.9 Å². The zero-order valence-corrected chi connectivity index (χ0v) is 15.6. The number of rotatable bonds is 7. The van der Waals surface area contributed by atoms with Gasteiger partial charge in [0.05, 0.1) is 5.75 Å². The highest BCUT2D eigenvalue weighted by Crippen LogP contribution is 2.24. The lowest BCUT2D eigenvalue weighted by molar-refractivity contribution is 0.391. The average Bonchev–Trinajstić information content (AvgIpc) is 3.18. The summed E-state index contributed by atoms with van der Waals surface area (Å²) in [6, 6.07) is 9.31. The Labute approximate surface area is 149 Å². The second-order valence-corrected chi connectivity index (χ2v) is 9.12. The van der Waals surface area contributed by atoms with Crippen molar-refractivity contribution in [3.8, 4) is 0 Å². The summed E-state index contributed by atoms with van der Waals surface area (Å²) in [5, 5.41) is 8.18. The highest BCUT2D eigenvalue weighted by Gasteiger charge is 2.32.